The second kappa shape index (κ2) is 4.78. The summed E-state index contributed by atoms with van der Waals surface area (Å²) < 4.78 is 23.0. The quantitative estimate of drug-likeness (QED) is 0.921. The van der Waals surface area contributed by atoms with Crippen molar-refractivity contribution >= 4 is 15.7 Å². The van der Waals surface area contributed by atoms with Crippen LogP contribution in [-0.4, -0.2) is 26.7 Å². The summed E-state index contributed by atoms with van der Waals surface area (Å²) in [5, 5.41) is 2.95. The van der Waals surface area contributed by atoms with Crippen molar-refractivity contribution in [2.45, 2.75) is 4.90 Å². The van der Waals surface area contributed by atoms with Gasteiger partial charge in [-0.25, -0.2) is 13.4 Å². The van der Waals surface area contributed by atoms with Gasteiger partial charge < -0.3 is 5.32 Å². The lowest BCUT2D eigenvalue weighted by Gasteiger charge is -2.05. The van der Waals surface area contributed by atoms with Gasteiger partial charge in [0.05, 0.1) is 10.6 Å². The Morgan fingerprint density at radius 1 is 1.11 bits per heavy atom. The van der Waals surface area contributed by atoms with Crippen molar-refractivity contribution in [3.63, 3.8) is 0 Å². The Bertz CT molecular complexity index is 666. The molecule has 94 valence electrons. The number of benzene rings is 1. The lowest BCUT2D eigenvalue weighted by Crippen LogP contribution is -1.98. The number of aromatic nitrogens is 1. The van der Waals surface area contributed by atoms with Crippen molar-refractivity contribution in [2.75, 3.05) is 18.6 Å². The van der Waals surface area contributed by atoms with E-state index in [1.807, 2.05) is 24.3 Å². The fourth-order valence-corrected chi connectivity index (χ4v) is 2.29. The number of hydrogen-bond acceptors (Lipinski definition) is 4. The van der Waals surface area contributed by atoms with E-state index in [0.717, 1.165) is 17.1 Å². The van der Waals surface area contributed by atoms with Gasteiger partial charge >= 0.3 is 0 Å². The molecule has 4 nitrogen and oxygen atoms in total. The molecule has 0 aliphatic rings. The van der Waals surface area contributed by atoms with Crippen LogP contribution in [0.2, 0.25) is 0 Å². The van der Waals surface area contributed by atoms with Crippen molar-refractivity contribution in [3.05, 3.63) is 42.5 Å². The van der Waals surface area contributed by atoms with E-state index in [0.29, 0.717) is 4.90 Å². The van der Waals surface area contributed by atoms with Crippen LogP contribution in [0.1, 0.15) is 0 Å². The number of anilines is 1. The molecular weight excluding hydrogens is 248 g/mol. The van der Waals surface area contributed by atoms with Crippen molar-refractivity contribution in [3.8, 4) is 11.3 Å². The molecule has 2 aromatic rings. The van der Waals surface area contributed by atoms with Crippen molar-refractivity contribution in [1.82, 2.24) is 4.98 Å². The number of pyridine rings is 1. The number of rotatable bonds is 3. The van der Waals surface area contributed by atoms with Crippen molar-refractivity contribution in [2.24, 2.45) is 0 Å². The zero-order chi connectivity index (χ0) is 13.2. The molecule has 0 radical (unpaired) electrons. The summed E-state index contributed by atoms with van der Waals surface area (Å²) in [6, 6.07) is 12.4. The molecule has 0 saturated heterocycles. The number of hydrogen-bond donors (Lipinski definition) is 1. The second-order valence-corrected chi connectivity index (χ2v) is 5.97. The standard InChI is InChI=1S/C13H14N2O2S/c1-14-13-8-4-7-12(15-13)10-5-3-6-11(9-10)18(2,16)17/h3-9H,1-2H3,(H,14,15). The average Bonchev–Trinajstić information content (AvgIpc) is 2.38. The maximum absolute atomic E-state index is 11.5. The van der Waals surface area contributed by atoms with Crippen molar-refractivity contribution < 1.29 is 8.42 Å². The average molecular weight is 262 g/mol. The highest BCUT2D eigenvalue weighted by atomic mass is 32.2. The third-order valence-electron chi connectivity index (χ3n) is 2.56. The fraction of sp³-hybridized carbons (Fsp3) is 0.154. The second-order valence-electron chi connectivity index (χ2n) is 3.96. The summed E-state index contributed by atoms with van der Waals surface area (Å²) >= 11 is 0. The Morgan fingerprint density at radius 2 is 1.83 bits per heavy atom. The molecule has 0 bridgehead atoms. The van der Waals surface area contributed by atoms with Crippen LogP contribution in [0.25, 0.3) is 11.3 Å². The van der Waals surface area contributed by atoms with Crippen LogP contribution in [-0.2, 0) is 9.84 Å². The third kappa shape index (κ3) is 2.68. The zero-order valence-electron chi connectivity index (χ0n) is 10.2. The summed E-state index contributed by atoms with van der Waals surface area (Å²) in [6.07, 6.45) is 1.20. The maximum atomic E-state index is 11.5. The van der Waals surface area contributed by atoms with E-state index in [9.17, 15) is 8.42 Å². The predicted octanol–water partition coefficient (Wildman–Crippen LogP) is 2.19. The zero-order valence-corrected chi connectivity index (χ0v) is 11.0. The maximum Gasteiger partial charge on any atom is 0.175 e. The van der Waals surface area contributed by atoms with E-state index in [2.05, 4.69) is 10.3 Å². The van der Waals surface area contributed by atoms with E-state index >= 15 is 0 Å². The van der Waals surface area contributed by atoms with E-state index in [1.54, 1.807) is 25.2 Å². The highest BCUT2D eigenvalue weighted by molar-refractivity contribution is 7.90. The Morgan fingerprint density at radius 3 is 2.50 bits per heavy atom. The molecule has 18 heavy (non-hydrogen) atoms. The molecular formula is C13H14N2O2S. The Hall–Kier alpha value is -1.88. The van der Waals surface area contributed by atoms with Gasteiger partial charge in [-0.3, -0.25) is 0 Å². The van der Waals surface area contributed by atoms with Crippen LogP contribution in [0.5, 0.6) is 0 Å². The van der Waals surface area contributed by atoms with Gasteiger partial charge in [0.1, 0.15) is 5.82 Å². The first-order chi connectivity index (χ1) is 8.50. The lowest BCUT2D eigenvalue weighted by molar-refractivity contribution is 0.602. The molecule has 1 N–H and O–H groups in total. The molecule has 1 aromatic heterocycles. The molecule has 1 aromatic carbocycles. The van der Waals surface area contributed by atoms with Gasteiger partial charge in [0.25, 0.3) is 0 Å². The summed E-state index contributed by atoms with van der Waals surface area (Å²) in [6.45, 7) is 0. The number of sulfone groups is 1. The fourth-order valence-electron chi connectivity index (χ4n) is 1.62. The highest BCUT2D eigenvalue weighted by Crippen LogP contribution is 2.21. The van der Waals surface area contributed by atoms with Gasteiger partial charge in [-0.1, -0.05) is 18.2 Å². The summed E-state index contributed by atoms with van der Waals surface area (Å²) in [5.41, 5.74) is 1.53. The van der Waals surface area contributed by atoms with E-state index < -0.39 is 9.84 Å². The van der Waals surface area contributed by atoms with Crippen LogP contribution in [0.15, 0.2) is 47.4 Å². The van der Waals surface area contributed by atoms with Gasteiger partial charge in [-0.2, -0.15) is 0 Å². The molecule has 0 amide bonds. The minimum absolute atomic E-state index is 0.302. The van der Waals surface area contributed by atoms with Crippen LogP contribution in [0, 0.1) is 0 Å². The first-order valence-electron chi connectivity index (χ1n) is 5.46. The van der Waals surface area contributed by atoms with Crippen LogP contribution >= 0.6 is 0 Å². The Labute approximate surface area is 107 Å². The minimum Gasteiger partial charge on any atom is -0.373 e. The van der Waals surface area contributed by atoms with E-state index in [4.69, 9.17) is 0 Å². The largest absolute Gasteiger partial charge is 0.373 e. The molecule has 0 aliphatic heterocycles. The molecule has 0 unspecified atom stereocenters. The van der Waals surface area contributed by atoms with Crippen molar-refractivity contribution in [1.29, 1.82) is 0 Å². The van der Waals surface area contributed by atoms with Crippen LogP contribution < -0.4 is 5.32 Å². The van der Waals surface area contributed by atoms with Gasteiger partial charge in [-0.15, -0.1) is 0 Å². The molecule has 0 spiro atoms. The van der Waals surface area contributed by atoms with E-state index in [-0.39, 0.29) is 0 Å². The Kier molecular flexibility index (Phi) is 3.34. The van der Waals surface area contributed by atoms with Gasteiger partial charge in [-0.05, 0) is 24.3 Å². The predicted molar refractivity (Wildman–Crippen MR) is 72.3 cm³/mol. The molecule has 1 heterocycles. The monoisotopic (exact) mass is 262 g/mol. The smallest absolute Gasteiger partial charge is 0.175 e. The first kappa shape index (κ1) is 12.6. The van der Waals surface area contributed by atoms with Gasteiger partial charge in [0, 0.05) is 18.9 Å². The lowest BCUT2D eigenvalue weighted by atomic mass is 10.1. The molecule has 0 saturated carbocycles. The molecule has 0 fully saturated rings. The van der Waals surface area contributed by atoms with E-state index in [1.165, 1.54) is 6.26 Å². The Balaban J connectivity index is 2.51. The molecule has 0 aliphatic carbocycles. The topological polar surface area (TPSA) is 59.1 Å². The third-order valence-corrected chi connectivity index (χ3v) is 3.67. The highest BCUT2D eigenvalue weighted by Gasteiger charge is 2.08. The normalized spacial score (nSPS) is 11.2. The number of nitrogens with one attached hydrogen (secondary N) is 1. The number of nitrogens with zero attached hydrogens (tertiary/aromatic N) is 1. The summed E-state index contributed by atoms with van der Waals surface area (Å²) in [4.78, 5) is 4.68. The summed E-state index contributed by atoms with van der Waals surface area (Å²) in [7, 11) is -1.40. The molecule has 0 atom stereocenters. The first-order valence-corrected chi connectivity index (χ1v) is 7.35. The van der Waals surface area contributed by atoms with Gasteiger partial charge in [0.2, 0.25) is 0 Å². The SMILES string of the molecule is CNc1cccc(-c2cccc(S(C)(=O)=O)c2)n1. The molecule has 5 heteroatoms. The minimum atomic E-state index is -3.19. The molecule has 2 rings (SSSR count). The van der Waals surface area contributed by atoms with Crippen LogP contribution in [0.3, 0.4) is 0 Å². The summed E-state index contributed by atoms with van der Waals surface area (Å²) in [5.74, 6) is 0.747. The van der Waals surface area contributed by atoms with Gasteiger partial charge in [0.15, 0.2) is 9.84 Å². The van der Waals surface area contributed by atoms with Crippen LogP contribution in [0.4, 0.5) is 5.82 Å².